The van der Waals surface area contributed by atoms with Crippen molar-refractivity contribution in [1.29, 1.82) is 0 Å². The first-order valence-corrected chi connectivity index (χ1v) is 8.27. The van der Waals surface area contributed by atoms with Crippen molar-refractivity contribution < 1.29 is 27.4 Å². The maximum atomic E-state index is 12.7. The number of nitrogens with one attached hydrogen (secondary N) is 2. The van der Waals surface area contributed by atoms with E-state index in [4.69, 9.17) is 21.1 Å². The number of halogens is 4. The molecular formula is C18H17ClF3N3O3. The first-order chi connectivity index (χ1) is 13.2. The molecule has 0 heterocycles. The minimum Gasteiger partial charge on any atom is -0.493 e. The topological polar surface area (TPSA) is 72.0 Å². The molecule has 0 spiro atoms. The molecule has 0 aliphatic carbocycles. The maximum absolute atomic E-state index is 12.7. The molecule has 0 unspecified atom stereocenters. The third kappa shape index (κ3) is 5.78. The van der Waals surface area contributed by atoms with Crippen molar-refractivity contribution in [2.24, 2.45) is 5.10 Å². The zero-order chi connectivity index (χ0) is 20.7. The zero-order valence-electron chi connectivity index (χ0n) is 14.9. The molecule has 2 N–H and O–H groups in total. The van der Waals surface area contributed by atoms with Gasteiger partial charge in [-0.05, 0) is 24.3 Å². The lowest BCUT2D eigenvalue weighted by atomic mass is 10.2. The fraction of sp³-hybridized carbons (Fsp3) is 0.222. The Morgan fingerprint density at radius 2 is 1.86 bits per heavy atom. The van der Waals surface area contributed by atoms with Crippen molar-refractivity contribution in [2.45, 2.75) is 6.18 Å². The number of anilines is 1. The maximum Gasteiger partial charge on any atom is 0.416 e. The van der Waals surface area contributed by atoms with Crippen LogP contribution < -0.4 is 20.2 Å². The number of carbonyl (C=O) groups is 1. The molecule has 0 saturated carbocycles. The van der Waals surface area contributed by atoms with E-state index >= 15 is 0 Å². The Bertz CT molecular complexity index is 873. The normalized spacial score (nSPS) is 11.4. The predicted octanol–water partition coefficient (Wildman–Crippen LogP) is 3.94. The molecule has 0 bridgehead atoms. The lowest BCUT2D eigenvalue weighted by Crippen LogP contribution is -2.26. The molecule has 2 rings (SSSR count). The summed E-state index contributed by atoms with van der Waals surface area (Å²) in [5.74, 6) is 0.329. The Morgan fingerprint density at radius 1 is 1.18 bits per heavy atom. The molecule has 0 radical (unpaired) electrons. The van der Waals surface area contributed by atoms with E-state index in [1.54, 1.807) is 12.1 Å². The number of amides is 1. The van der Waals surface area contributed by atoms with Crippen LogP contribution in [0.1, 0.15) is 11.1 Å². The summed E-state index contributed by atoms with van der Waals surface area (Å²) in [4.78, 5) is 11.8. The van der Waals surface area contributed by atoms with Crippen LogP contribution in [0.25, 0.3) is 0 Å². The van der Waals surface area contributed by atoms with E-state index in [0.29, 0.717) is 22.1 Å². The number of ether oxygens (including phenoxy) is 2. The van der Waals surface area contributed by atoms with Crippen LogP contribution in [0.5, 0.6) is 11.5 Å². The zero-order valence-corrected chi connectivity index (χ0v) is 15.7. The SMILES string of the molecule is COc1cc(Cl)c(/C=N\NC(=O)CNc2cccc(C(F)(F)F)c2)cc1OC. The molecule has 0 aliphatic heterocycles. The lowest BCUT2D eigenvalue weighted by Gasteiger charge is -2.10. The van der Waals surface area contributed by atoms with Gasteiger partial charge in [0.2, 0.25) is 0 Å². The second kappa shape index (κ2) is 9.32. The van der Waals surface area contributed by atoms with Gasteiger partial charge in [-0.3, -0.25) is 4.79 Å². The molecule has 0 aliphatic rings. The van der Waals surface area contributed by atoms with Gasteiger partial charge in [0.15, 0.2) is 11.5 Å². The van der Waals surface area contributed by atoms with Crippen molar-refractivity contribution in [1.82, 2.24) is 5.43 Å². The van der Waals surface area contributed by atoms with Crippen LogP contribution in [0, 0.1) is 0 Å². The number of rotatable bonds is 7. The standard InChI is InChI=1S/C18H17ClF3N3O3/c1-27-15-6-11(14(19)8-16(15)28-2)9-24-25-17(26)10-23-13-5-3-4-12(7-13)18(20,21)22/h3-9,23H,10H2,1-2H3,(H,25,26)/b24-9-. The lowest BCUT2D eigenvalue weighted by molar-refractivity contribution is -0.137. The van der Waals surface area contributed by atoms with Gasteiger partial charge in [0.05, 0.1) is 37.6 Å². The fourth-order valence-corrected chi connectivity index (χ4v) is 2.37. The summed E-state index contributed by atoms with van der Waals surface area (Å²) in [5, 5.41) is 6.71. The monoisotopic (exact) mass is 415 g/mol. The molecule has 0 aromatic heterocycles. The van der Waals surface area contributed by atoms with Gasteiger partial charge < -0.3 is 14.8 Å². The van der Waals surface area contributed by atoms with Crippen LogP contribution in [-0.2, 0) is 11.0 Å². The molecule has 6 nitrogen and oxygen atoms in total. The predicted molar refractivity (Wildman–Crippen MR) is 100 cm³/mol. The minimum atomic E-state index is -4.46. The minimum absolute atomic E-state index is 0.164. The van der Waals surface area contributed by atoms with Crippen LogP contribution in [0.15, 0.2) is 41.5 Å². The van der Waals surface area contributed by atoms with Crippen molar-refractivity contribution in [3.05, 3.63) is 52.5 Å². The smallest absolute Gasteiger partial charge is 0.416 e. The highest BCUT2D eigenvalue weighted by Crippen LogP contribution is 2.32. The number of methoxy groups -OCH3 is 2. The van der Waals surface area contributed by atoms with E-state index in [1.165, 1.54) is 32.6 Å². The highest BCUT2D eigenvalue weighted by atomic mass is 35.5. The number of nitrogens with zero attached hydrogens (tertiary/aromatic N) is 1. The third-order valence-corrected chi connectivity index (χ3v) is 3.87. The first kappa shape index (κ1) is 21.4. The molecule has 10 heteroatoms. The van der Waals surface area contributed by atoms with Gasteiger partial charge in [-0.1, -0.05) is 17.7 Å². The Balaban J connectivity index is 1.94. The van der Waals surface area contributed by atoms with Crippen LogP contribution >= 0.6 is 11.6 Å². The molecule has 0 saturated heterocycles. The summed E-state index contributed by atoms with van der Waals surface area (Å²) in [6, 6.07) is 7.66. The summed E-state index contributed by atoms with van der Waals surface area (Å²) >= 11 is 6.10. The largest absolute Gasteiger partial charge is 0.493 e. The van der Waals surface area contributed by atoms with Gasteiger partial charge in [-0.15, -0.1) is 0 Å². The van der Waals surface area contributed by atoms with Crippen molar-refractivity contribution in [3.8, 4) is 11.5 Å². The molecule has 2 aromatic carbocycles. The number of hydrogen-bond acceptors (Lipinski definition) is 5. The number of carbonyl (C=O) groups excluding carboxylic acids is 1. The highest BCUT2D eigenvalue weighted by molar-refractivity contribution is 6.33. The summed E-state index contributed by atoms with van der Waals surface area (Å²) in [6.07, 6.45) is -3.14. The summed E-state index contributed by atoms with van der Waals surface area (Å²) in [5.41, 5.74) is 2.09. The highest BCUT2D eigenvalue weighted by Gasteiger charge is 2.30. The van der Waals surface area contributed by atoms with Gasteiger partial charge >= 0.3 is 6.18 Å². The van der Waals surface area contributed by atoms with E-state index < -0.39 is 17.6 Å². The van der Waals surface area contributed by atoms with Crippen LogP contribution in [0.2, 0.25) is 5.02 Å². The summed E-state index contributed by atoms with van der Waals surface area (Å²) in [6.45, 7) is -0.266. The number of benzene rings is 2. The van der Waals surface area contributed by atoms with Crippen molar-refractivity contribution >= 4 is 29.4 Å². The van der Waals surface area contributed by atoms with Gasteiger partial charge in [0.1, 0.15) is 0 Å². The second-order valence-corrected chi connectivity index (χ2v) is 5.86. The molecule has 150 valence electrons. The third-order valence-electron chi connectivity index (χ3n) is 3.54. The van der Waals surface area contributed by atoms with Crippen molar-refractivity contribution in [2.75, 3.05) is 26.1 Å². The first-order valence-electron chi connectivity index (χ1n) is 7.89. The molecule has 2 aromatic rings. The van der Waals surface area contributed by atoms with Gasteiger partial charge in [0, 0.05) is 17.3 Å². The van der Waals surface area contributed by atoms with Gasteiger partial charge in [-0.2, -0.15) is 18.3 Å². The Labute approximate surface area is 164 Å². The molecule has 0 atom stereocenters. The molecule has 28 heavy (non-hydrogen) atoms. The van der Waals surface area contributed by atoms with E-state index in [9.17, 15) is 18.0 Å². The number of hydrazone groups is 1. The average Bonchev–Trinajstić information content (AvgIpc) is 2.66. The Hall–Kier alpha value is -2.94. The number of alkyl halides is 3. The molecule has 1 amide bonds. The van der Waals surface area contributed by atoms with E-state index in [-0.39, 0.29) is 12.2 Å². The average molecular weight is 416 g/mol. The van der Waals surface area contributed by atoms with E-state index in [2.05, 4.69) is 15.8 Å². The number of hydrogen-bond donors (Lipinski definition) is 2. The van der Waals surface area contributed by atoms with Gasteiger partial charge in [-0.25, -0.2) is 5.43 Å². The molecule has 0 fully saturated rings. The fourth-order valence-electron chi connectivity index (χ4n) is 2.17. The van der Waals surface area contributed by atoms with E-state index in [1.807, 2.05) is 0 Å². The van der Waals surface area contributed by atoms with Crippen LogP contribution in [0.4, 0.5) is 18.9 Å². The Morgan fingerprint density at radius 3 is 2.50 bits per heavy atom. The molecular weight excluding hydrogens is 399 g/mol. The Kier molecular flexibility index (Phi) is 7.11. The van der Waals surface area contributed by atoms with Gasteiger partial charge in [0.25, 0.3) is 5.91 Å². The van der Waals surface area contributed by atoms with Crippen LogP contribution in [0.3, 0.4) is 0 Å². The quantitative estimate of drug-likeness (QED) is 0.531. The summed E-state index contributed by atoms with van der Waals surface area (Å²) < 4.78 is 48.3. The van der Waals surface area contributed by atoms with E-state index in [0.717, 1.165) is 12.1 Å². The summed E-state index contributed by atoms with van der Waals surface area (Å²) in [7, 11) is 2.94. The van der Waals surface area contributed by atoms with Crippen LogP contribution in [-0.4, -0.2) is 32.9 Å². The van der Waals surface area contributed by atoms with Crippen molar-refractivity contribution in [3.63, 3.8) is 0 Å². The second-order valence-electron chi connectivity index (χ2n) is 5.45.